The first-order valence-corrected chi connectivity index (χ1v) is 5.92. The van der Waals surface area contributed by atoms with Crippen LogP contribution < -0.4 is 0 Å². The number of amidine groups is 1. The van der Waals surface area contributed by atoms with Crippen LogP contribution in [0.15, 0.2) is 30.3 Å². The zero-order valence-corrected chi connectivity index (χ0v) is 9.82. The van der Waals surface area contributed by atoms with Crippen LogP contribution in [-0.4, -0.2) is 48.4 Å². The molecule has 0 amide bonds. The molecule has 0 radical (unpaired) electrons. The van der Waals surface area contributed by atoms with Crippen LogP contribution in [0.2, 0.25) is 0 Å². The smallest absolute Gasteiger partial charge is 0.128 e. The molecule has 86 valence electrons. The van der Waals surface area contributed by atoms with Gasteiger partial charge in [-0.25, -0.2) is 0 Å². The first-order chi connectivity index (χ1) is 7.81. The Bertz CT molecular complexity index is 339. The molecular formula is C13H19N3. The van der Waals surface area contributed by atoms with E-state index in [-0.39, 0.29) is 0 Å². The van der Waals surface area contributed by atoms with Gasteiger partial charge in [-0.3, -0.25) is 5.41 Å². The van der Waals surface area contributed by atoms with Gasteiger partial charge in [0.1, 0.15) is 5.84 Å². The SMILES string of the molecule is CCN1CCN(C(=N)c2ccccc2)CC1. The minimum atomic E-state index is 0.663. The Morgan fingerprint density at radius 3 is 2.31 bits per heavy atom. The minimum Gasteiger partial charge on any atom is -0.354 e. The van der Waals surface area contributed by atoms with Gasteiger partial charge in [-0.2, -0.15) is 0 Å². The van der Waals surface area contributed by atoms with Gasteiger partial charge in [-0.1, -0.05) is 37.3 Å². The minimum absolute atomic E-state index is 0.663. The Balaban J connectivity index is 1.97. The van der Waals surface area contributed by atoms with E-state index in [2.05, 4.69) is 16.7 Å². The van der Waals surface area contributed by atoms with Crippen molar-refractivity contribution in [3.05, 3.63) is 35.9 Å². The number of benzene rings is 1. The van der Waals surface area contributed by atoms with Gasteiger partial charge in [0, 0.05) is 31.7 Å². The summed E-state index contributed by atoms with van der Waals surface area (Å²) in [4.78, 5) is 4.59. The highest BCUT2D eigenvalue weighted by molar-refractivity contribution is 5.96. The van der Waals surface area contributed by atoms with E-state index < -0.39 is 0 Å². The van der Waals surface area contributed by atoms with Crippen LogP contribution in [0.25, 0.3) is 0 Å². The molecule has 1 N–H and O–H groups in total. The molecule has 1 saturated heterocycles. The molecule has 1 aromatic carbocycles. The molecule has 16 heavy (non-hydrogen) atoms. The molecule has 0 spiro atoms. The van der Waals surface area contributed by atoms with Crippen molar-refractivity contribution in [3.8, 4) is 0 Å². The van der Waals surface area contributed by atoms with E-state index in [1.165, 1.54) is 0 Å². The van der Waals surface area contributed by atoms with Gasteiger partial charge in [0.2, 0.25) is 0 Å². The Hall–Kier alpha value is -1.35. The first kappa shape index (κ1) is 11.1. The van der Waals surface area contributed by atoms with E-state index in [1.807, 2.05) is 30.3 Å². The molecule has 0 unspecified atom stereocenters. The number of piperazine rings is 1. The van der Waals surface area contributed by atoms with Crippen molar-refractivity contribution in [2.24, 2.45) is 0 Å². The average molecular weight is 217 g/mol. The van der Waals surface area contributed by atoms with Crippen molar-refractivity contribution < 1.29 is 0 Å². The fraction of sp³-hybridized carbons (Fsp3) is 0.462. The van der Waals surface area contributed by atoms with Gasteiger partial charge in [0.25, 0.3) is 0 Å². The molecule has 2 rings (SSSR count). The third-order valence-electron chi connectivity index (χ3n) is 3.18. The zero-order valence-electron chi connectivity index (χ0n) is 9.82. The lowest BCUT2D eigenvalue weighted by atomic mass is 10.1. The molecule has 1 fully saturated rings. The molecule has 3 nitrogen and oxygen atoms in total. The van der Waals surface area contributed by atoms with Crippen molar-refractivity contribution in [1.82, 2.24) is 9.80 Å². The molecule has 0 saturated carbocycles. The predicted octanol–water partition coefficient (Wildman–Crippen LogP) is 1.65. The number of nitrogens with zero attached hydrogens (tertiary/aromatic N) is 2. The Labute approximate surface area is 97.2 Å². The van der Waals surface area contributed by atoms with Gasteiger partial charge < -0.3 is 9.80 Å². The van der Waals surface area contributed by atoms with Crippen molar-refractivity contribution in [1.29, 1.82) is 5.41 Å². The Morgan fingerprint density at radius 1 is 1.12 bits per heavy atom. The van der Waals surface area contributed by atoms with Crippen LogP contribution in [0.3, 0.4) is 0 Å². The summed E-state index contributed by atoms with van der Waals surface area (Å²) in [6.45, 7) is 7.41. The third-order valence-corrected chi connectivity index (χ3v) is 3.18. The quantitative estimate of drug-likeness (QED) is 0.603. The van der Waals surface area contributed by atoms with E-state index in [0.29, 0.717) is 5.84 Å². The summed E-state index contributed by atoms with van der Waals surface area (Å²) in [7, 11) is 0. The monoisotopic (exact) mass is 217 g/mol. The van der Waals surface area contributed by atoms with Gasteiger partial charge in [-0.05, 0) is 6.54 Å². The molecule has 3 heteroatoms. The summed E-state index contributed by atoms with van der Waals surface area (Å²) in [5, 5.41) is 8.15. The zero-order chi connectivity index (χ0) is 11.4. The number of nitrogens with one attached hydrogen (secondary N) is 1. The predicted molar refractivity (Wildman–Crippen MR) is 67.0 cm³/mol. The van der Waals surface area contributed by atoms with Crippen LogP contribution in [0.4, 0.5) is 0 Å². The van der Waals surface area contributed by atoms with E-state index in [0.717, 1.165) is 38.3 Å². The molecule has 0 aromatic heterocycles. The Kier molecular flexibility index (Phi) is 3.57. The van der Waals surface area contributed by atoms with E-state index in [9.17, 15) is 0 Å². The lowest BCUT2D eigenvalue weighted by molar-refractivity contribution is 0.189. The van der Waals surface area contributed by atoms with Crippen LogP contribution >= 0.6 is 0 Å². The summed E-state index contributed by atoms with van der Waals surface area (Å²) in [5.41, 5.74) is 1.02. The molecule has 1 aliphatic rings. The molecule has 1 heterocycles. The van der Waals surface area contributed by atoms with E-state index >= 15 is 0 Å². The molecule has 1 aromatic rings. The molecule has 0 atom stereocenters. The second kappa shape index (κ2) is 5.12. The normalized spacial score (nSPS) is 17.4. The van der Waals surface area contributed by atoms with Crippen molar-refractivity contribution in [2.75, 3.05) is 32.7 Å². The van der Waals surface area contributed by atoms with Crippen molar-refractivity contribution in [2.45, 2.75) is 6.92 Å². The summed E-state index contributed by atoms with van der Waals surface area (Å²) >= 11 is 0. The lowest BCUT2D eigenvalue weighted by Gasteiger charge is -2.35. The fourth-order valence-electron chi connectivity index (χ4n) is 2.07. The van der Waals surface area contributed by atoms with E-state index in [1.54, 1.807) is 0 Å². The maximum atomic E-state index is 8.15. The number of hydrogen-bond donors (Lipinski definition) is 1. The molecular weight excluding hydrogens is 198 g/mol. The highest BCUT2D eigenvalue weighted by Gasteiger charge is 2.18. The third kappa shape index (κ3) is 2.42. The number of hydrogen-bond acceptors (Lipinski definition) is 2. The van der Waals surface area contributed by atoms with Gasteiger partial charge >= 0.3 is 0 Å². The van der Waals surface area contributed by atoms with Gasteiger partial charge in [0.15, 0.2) is 0 Å². The average Bonchev–Trinajstić information content (AvgIpc) is 2.39. The second-order valence-electron chi connectivity index (χ2n) is 4.14. The van der Waals surface area contributed by atoms with Gasteiger partial charge in [0.05, 0.1) is 0 Å². The van der Waals surface area contributed by atoms with Crippen LogP contribution in [0.5, 0.6) is 0 Å². The highest BCUT2D eigenvalue weighted by atomic mass is 15.3. The molecule has 0 aliphatic carbocycles. The standard InChI is InChI=1S/C13H19N3/c1-2-15-8-10-16(11-9-15)13(14)12-6-4-3-5-7-12/h3-7,14H,2,8-11H2,1H3. The molecule has 1 aliphatic heterocycles. The largest absolute Gasteiger partial charge is 0.354 e. The summed E-state index contributed by atoms with van der Waals surface area (Å²) in [6, 6.07) is 9.99. The number of rotatable bonds is 2. The molecule has 0 bridgehead atoms. The summed E-state index contributed by atoms with van der Waals surface area (Å²) in [6.07, 6.45) is 0. The topological polar surface area (TPSA) is 30.3 Å². The maximum absolute atomic E-state index is 8.15. The fourth-order valence-corrected chi connectivity index (χ4v) is 2.07. The van der Waals surface area contributed by atoms with Crippen LogP contribution in [-0.2, 0) is 0 Å². The second-order valence-corrected chi connectivity index (χ2v) is 4.14. The number of likely N-dealkylation sites (N-methyl/N-ethyl adjacent to an activating group) is 1. The van der Waals surface area contributed by atoms with Crippen LogP contribution in [0, 0.1) is 5.41 Å². The summed E-state index contributed by atoms with van der Waals surface area (Å²) in [5.74, 6) is 0.663. The highest BCUT2D eigenvalue weighted by Crippen LogP contribution is 2.08. The Morgan fingerprint density at radius 2 is 1.75 bits per heavy atom. The summed E-state index contributed by atoms with van der Waals surface area (Å²) < 4.78 is 0. The first-order valence-electron chi connectivity index (χ1n) is 5.92. The lowest BCUT2D eigenvalue weighted by Crippen LogP contribution is -2.48. The van der Waals surface area contributed by atoms with Crippen molar-refractivity contribution >= 4 is 5.84 Å². The van der Waals surface area contributed by atoms with Crippen molar-refractivity contribution in [3.63, 3.8) is 0 Å². The van der Waals surface area contributed by atoms with E-state index in [4.69, 9.17) is 5.41 Å². The van der Waals surface area contributed by atoms with Gasteiger partial charge in [-0.15, -0.1) is 0 Å². The van der Waals surface area contributed by atoms with Crippen LogP contribution in [0.1, 0.15) is 12.5 Å². The maximum Gasteiger partial charge on any atom is 0.128 e.